The maximum atomic E-state index is 11.4. The molecular formula is C13H18O3. The van der Waals surface area contributed by atoms with Crippen molar-refractivity contribution in [2.45, 2.75) is 19.8 Å². The molecule has 0 aliphatic rings. The van der Waals surface area contributed by atoms with E-state index in [-0.39, 0.29) is 11.9 Å². The summed E-state index contributed by atoms with van der Waals surface area (Å²) in [6.07, 6.45) is 1.73. The second kappa shape index (κ2) is 6.88. The summed E-state index contributed by atoms with van der Waals surface area (Å²) >= 11 is 0. The highest BCUT2D eigenvalue weighted by molar-refractivity contribution is 5.72. The first-order chi connectivity index (χ1) is 7.77. The fourth-order valence-electron chi connectivity index (χ4n) is 1.50. The van der Waals surface area contributed by atoms with Crippen LogP contribution in [0.3, 0.4) is 0 Å². The van der Waals surface area contributed by atoms with Gasteiger partial charge in [-0.1, -0.05) is 31.5 Å². The standard InChI is InChI=1S/C13H18O3/c1-3-7-11(13(14)15-2)10-16-12-8-5-4-6-9-12/h4-6,8-9,11H,3,7,10H2,1-2H3. The third-order valence-corrected chi connectivity index (χ3v) is 2.37. The monoisotopic (exact) mass is 222 g/mol. The summed E-state index contributed by atoms with van der Waals surface area (Å²) in [5, 5.41) is 0. The summed E-state index contributed by atoms with van der Waals surface area (Å²) in [6.45, 7) is 2.42. The molecule has 3 nitrogen and oxygen atoms in total. The van der Waals surface area contributed by atoms with Crippen LogP contribution in [0.4, 0.5) is 0 Å². The van der Waals surface area contributed by atoms with Gasteiger partial charge in [0.05, 0.1) is 13.0 Å². The van der Waals surface area contributed by atoms with Crippen LogP contribution in [0, 0.1) is 5.92 Å². The van der Waals surface area contributed by atoms with Crippen LogP contribution >= 0.6 is 0 Å². The van der Waals surface area contributed by atoms with Crippen molar-refractivity contribution < 1.29 is 14.3 Å². The smallest absolute Gasteiger partial charge is 0.312 e. The first-order valence-corrected chi connectivity index (χ1v) is 5.53. The summed E-state index contributed by atoms with van der Waals surface area (Å²) in [5.74, 6) is 0.417. The molecule has 1 aromatic rings. The molecule has 3 heteroatoms. The molecule has 0 aromatic heterocycles. The Morgan fingerprint density at radius 2 is 2.00 bits per heavy atom. The zero-order valence-corrected chi connectivity index (χ0v) is 9.81. The molecule has 0 aliphatic carbocycles. The number of ether oxygens (including phenoxy) is 2. The number of rotatable bonds is 6. The first kappa shape index (κ1) is 12.6. The summed E-state index contributed by atoms with van der Waals surface area (Å²) < 4.78 is 10.3. The third kappa shape index (κ3) is 3.93. The molecule has 1 atom stereocenters. The van der Waals surface area contributed by atoms with Gasteiger partial charge in [-0.15, -0.1) is 0 Å². The minimum absolute atomic E-state index is 0.171. The molecule has 0 N–H and O–H groups in total. The largest absolute Gasteiger partial charge is 0.493 e. The van der Waals surface area contributed by atoms with Crippen LogP contribution < -0.4 is 4.74 Å². The first-order valence-electron chi connectivity index (χ1n) is 5.53. The lowest BCUT2D eigenvalue weighted by atomic mass is 10.1. The van der Waals surface area contributed by atoms with Gasteiger partial charge >= 0.3 is 5.97 Å². The number of esters is 1. The molecule has 88 valence electrons. The van der Waals surface area contributed by atoms with Crippen LogP contribution in [-0.4, -0.2) is 19.7 Å². The second-order valence-corrected chi connectivity index (χ2v) is 3.63. The van der Waals surface area contributed by atoms with Gasteiger partial charge < -0.3 is 9.47 Å². The molecule has 16 heavy (non-hydrogen) atoms. The van der Waals surface area contributed by atoms with Crippen molar-refractivity contribution in [2.75, 3.05) is 13.7 Å². The van der Waals surface area contributed by atoms with Gasteiger partial charge in [0.25, 0.3) is 0 Å². The zero-order chi connectivity index (χ0) is 11.8. The van der Waals surface area contributed by atoms with Gasteiger partial charge in [0.15, 0.2) is 0 Å². The van der Waals surface area contributed by atoms with Gasteiger partial charge in [-0.05, 0) is 18.6 Å². The Balaban J connectivity index is 2.47. The SMILES string of the molecule is CCCC(COc1ccccc1)C(=O)OC. The Labute approximate surface area is 96.4 Å². The molecule has 0 aliphatic heterocycles. The van der Waals surface area contributed by atoms with Gasteiger partial charge in [-0.3, -0.25) is 4.79 Å². The molecule has 1 unspecified atom stereocenters. The van der Waals surface area contributed by atoms with Gasteiger partial charge in [0.2, 0.25) is 0 Å². The maximum Gasteiger partial charge on any atom is 0.312 e. The summed E-state index contributed by atoms with van der Waals surface area (Å²) in [6, 6.07) is 9.49. The van der Waals surface area contributed by atoms with Crippen LogP contribution in [0.25, 0.3) is 0 Å². The predicted molar refractivity (Wildman–Crippen MR) is 62.4 cm³/mol. The maximum absolute atomic E-state index is 11.4. The average Bonchev–Trinajstić information content (AvgIpc) is 2.34. The third-order valence-electron chi connectivity index (χ3n) is 2.37. The van der Waals surface area contributed by atoms with Gasteiger partial charge in [-0.2, -0.15) is 0 Å². The topological polar surface area (TPSA) is 35.5 Å². The van der Waals surface area contributed by atoms with Crippen LogP contribution in [0.2, 0.25) is 0 Å². The van der Waals surface area contributed by atoms with E-state index in [9.17, 15) is 4.79 Å². The van der Waals surface area contributed by atoms with E-state index >= 15 is 0 Å². The second-order valence-electron chi connectivity index (χ2n) is 3.63. The average molecular weight is 222 g/mol. The van der Waals surface area contributed by atoms with Crippen molar-refractivity contribution in [3.63, 3.8) is 0 Å². The van der Waals surface area contributed by atoms with Gasteiger partial charge in [-0.25, -0.2) is 0 Å². The Morgan fingerprint density at radius 3 is 2.56 bits per heavy atom. The molecule has 0 bridgehead atoms. The van der Waals surface area contributed by atoms with Crippen molar-refractivity contribution in [3.8, 4) is 5.75 Å². The van der Waals surface area contributed by atoms with Crippen molar-refractivity contribution in [2.24, 2.45) is 5.92 Å². The highest BCUT2D eigenvalue weighted by Gasteiger charge is 2.18. The minimum Gasteiger partial charge on any atom is -0.493 e. The van der Waals surface area contributed by atoms with Crippen molar-refractivity contribution >= 4 is 5.97 Å². The van der Waals surface area contributed by atoms with E-state index < -0.39 is 0 Å². The molecule has 0 amide bonds. The highest BCUT2D eigenvalue weighted by Crippen LogP contribution is 2.13. The van der Waals surface area contributed by atoms with E-state index in [1.54, 1.807) is 0 Å². The lowest BCUT2D eigenvalue weighted by Crippen LogP contribution is -2.23. The van der Waals surface area contributed by atoms with Crippen LogP contribution in [0.15, 0.2) is 30.3 Å². The van der Waals surface area contributed by atoms with Crippen molar-refractivity contribution in [1.29, 1.82) is 0 Å². The molecule has 0 fully saturated rings. The minimum atomic E-state index is -0.196. The molecule has 0 saturated carbocycles. The quantitative estimate of drug-likeness (QED) is 0.694. The summed E-state index contributed by atoms with van der Waals surface area (Å²) in [4.78, 5) is 11.4. The fourth-order valence-corrected chi connectivity index (χ4v) is 1.50. The normalized spacial score (nSPS) is 11.9. The zero-order valence-electron chi connectivity index (χ0n) is 9.81. The summed E-state index contributed by atoms with van der Waals surface area (Å²) in [5.41, 5.74) is 0. The Morgan fingerprint density at radius 1 is 1.31 bits per heavy atom. The van der Waals surface area contributed by atoms with E-state index in [1.165, 1.54) is 7.11 Å². The molecule has 1 aromatic carbocycles. The number of carbonyl (C=O) groups excluding carboxylic acids is 1. The number of benzene rings is 1. The Hall–Kier alpha value is -1.51. The fraction of sp³-hybridized carbons (Fsp3) is 0.462. The van der Waals surface area contributed by atoms with Crippen LogP contribution in [0.1, 0.15) is 19.8 Å². The van der Waals surface area contributed by atoms with E-state index in [0.29, 0.717) is 6.61 Å². The van der Waals surface area contributed by atoms with E-state index in [1.807, 2.05) is 37.3 Å². The molecular weight excluding hydrogens is 204 g/mol. The number of carbonyl (C=O) groups is 1. The van der Waals surface area contributed by atoms with Gasteiger partial charge in [0, 0.05) is 0 Å². The molecule has 1 rings (SSSR count). The number of hydrogen-bond donors (Lipinski definition) is 0. The number of para-hydroxylation sites is 1. The number of hydrogen-bond acceptors (Lipinski definition) is 3. The molecule has 0 radical (unpaired) electrons. The van der Waals surface area contributed by atoms with Crippen molar-refractivity contribution in [1.82, 2.24) is 0 Å². The van der Waals surface area contributed by atoms with Crippen LogP contribution in [0.5, 0.6) is 5.75 Å². The Kier molecular flexibility index (Phi) is 5.40. The van der Waals surface area contributed by atoms with Crippen LogP contribution in [-0.2, 0) is 9.53 Å². The molecule has 0 saturated heterocycles. The van der Waals surface area contributed by atoms with Gasteiger partial charge in [0.1, 0.15) is 12.4 Å². The van der Waals surface area contributed by atoms with E-state index in [4.69, 9.17) is 9.47 Å². The van der Waals surface area contributed by atoms with E-state index in [0.717, 1.165) is 18.6 Å². The van der Waals surface area contributed by atoms with Crippen molar-refractivity contribution in [3.05, 3.63) is 30.3 Å². The molecule has 0 spiro atoms. The lowest BCUT2D eigenvalue weighted by molar-refractivity contribution is -0.146. The van der Waals surface area contributed by atoms with E-state index in [2.05, 4.69) is 0 Å². The predicted octanol–water partition coefficient (Wildman–Crippen LogP) is 2.65. The highest BCUT2D eigenvalue weighted by atomic mass is 16.5. The number of methoxy groups -OCH3 is 1. The summed E-state index contributed by atoms with van der Waals surface area (Å²) in [7, 11) is 1.41. The lowest BCUT2D eigenvalue weighted by Gasteiger charge is -2.14. The Bertz CT molecular complexity index is 308. The molecule has 0 heterocycles.